The van der Waals surface area contributed by atoms with Gasteiger partial charge in [0.25, 0.3) is 6.33 Å². The Hall–Kier alpha value is -6.03. The predicted molar refractivity (Wildman–Crippen MR) is 237 cm³/mol. The van der Waals surface area contributed by atoms with Crippen molar-refractivity contribution in [2.24, 2.45) is 0 Å². The Morgan fingerprint density at radius 3 is 2.00 bits per heavy atom. The fourth-order valence-corrected chi connectivity index (χ4v) is 9.48. The summed E-state index contributed by atoms with van der Waals surface area (Å²) in [6, 6.07) is 54.9. The van der Waals surface area contributed by atoms with Gasteiger partial charge in [0, 0.05) is 44.3 Å². The minimum absolute atomic E-state index is 0. The van der Waals surface area contributed by atoms with E-state index in [1.807, 2.05) is 12.3 Å². The van der Waals surface area contributed by atoms with Gasteiger partial charge < -0.3 is 13.9 Å². The SMILES string of the molecule is CC(C)(C)c1ccnc(-n2c3[c-]c(Oc4[c-]c5c(cc4)C(C)(C)C(C)(C)c4c6[n+]([c-]n4-5)-c4ccccc4-c4ccccc4-c4ccccc4-6)ccc3c3ccccc32)c1.[Pt]. The fraction of sp³-hybridized carbons (Fsp3) is 0.185. The van der Waals surface area contributed by atoms with E-state index in [1.165, 1.54) is 44.6 Å². The van der Waals surface area contributed by atoms with Crippen molar-refractivity contribution in [2.75, 3.05) is 0 Å². The first-order chi connectivity index (χ1) is 28.4. The van der Waals surface area contributed by atoms with Gasteiger partial charge in [0.1, 0.15) is 5.82 Å². The topological polar surface area (TPSA) is 35.9 Å². The predicted octanol–water partition coefficient (Wildman–Crippen LogP) is 12.6. The molecule has 0 spiro atoms. The van der Waals surface area contributed by atoms with E-state index in [9.17, 15) is 0 Å². The van der Waals surface area contributed by atoms with E-state index < -0.39 is 0 Å². The van der Waals surface area contributed by atoms with Gasteiger partial charge in [-0.2, -0.15) is 12.1 Å². The molecule has 298 valence electrons. The van der Waals surface area contributed by atoms with Gasteiger partial charge in [-0.3, -0.25) is 4.57 Å². The van der Waals surface area contributed by atoms with E-state index >= 15 is 0 Å². The quantitative estimate of drug-likeness (QED) is 0.131. The van der Waals surface area contributed by atoms with Crippen molar-refractivity contribution >= 4 is 21.8 Å². The molecule has 11 rings (SSSR count). The molecule has 9 aromatic rings. The Kier molecular flexibility index (Phi) is 8.59. The summed E-state index contributed by atoms with van der Waals surface area (Å²) >= 11 is 0. The molecule has 0 bridgehead atoms. The maximum absolute atomic E-state index is 6.77. The van der Waals surface area contributed by atoms with Crippen molar-refractivity contribution in [3.05, 3.63) is 175 Å². The monoisotopic (exact) mass is 959 g/mol. The maximum Gasteiger partial charge on any atom is 0.267 e. The Bertz CT molecular complexity index is 3190. The van der Waals surface area contributed by atoms with Gasteiger partial charge in [0.15, 0.2) is 0 Å². The molecule has 0 atom stereocenters. The van der Waals surface area contributed by atoms with Crippen LogP contribution in [-0.2, 0) is 37.3 Å². The zero-order chi connectivity index (χ0) is 40.4. The van der Waals surface area contributed by atoms with E-state index in [4.69, 9.17) is 9.72 Å². The average Bonchev–Trinajstić information content (AvgIpc) is 3.79. The number of aromatic nitrogens is 4. The summed E-state index contributed by atoms with van der Waals surface area (Å²) in [5.41, 5.74) is 14.1. The average molecular weight is 960 g/mol. The molecule has 0 aliphatic carbocycles. The Labute approximate surface area is 366 Å². The molecular weight excluding hydrogens is 916 g/mol. The molecule has 0 unspecified atom stereocenters. The zero-order valence-corrected chi connectivity index (χ0v) is 37.1. The summed E-state index contributed by atoms with van der Waals surface area (Å²) in [5, 5.41) is 2.24. The summed E-state index contributed by atoms with van der Waals surface area (Å²) in [4.78, 5) is 4.87. The molecule has 60 heavy (non-hydrogen) atoms. The van der Waals surface area contributed by atoms with Crippen molar-refractivity contribution in [3.8, 4) is 62.2 Å². The van der Waals surface area contributed by atoms with Crippen LogP contribution in [0.5, 0.6) is 11.5 Å². The van der Waals surface area contributed by atoms with Crippen LogP contribution in [0.15, 0.2) is 140 Å². The molecule has 5 nitrogen and oxygen atoms in total. The number of rotatable bonds is 3. The van der Waals surface area contributed by atoms with E-state index in [0.717, 1.165) is 44.7 Å². The molecule has 5 heterocycles. The molecule has 3 aromatic heterocycles. The summed E-state index contributed by atoms with van der Waals surface area (Å²) in [5.74, 6) is 2.08. The van der Waals surface area contributed by atoms with Crippen molar-refractivity contribution in [1.82, 2.24) is 14.1 Å². The number of nitrogens with zero attached hydrogens (tertiary/aromatic N) is 4. The van der Waals surface area contributed by atoms with Crippen LogP contribution < -0.4 is 9.30 Å². The number of hydrogen-bond donors (Lipinski definition) is 0. The maximum atomic E-state index is 6.77. The normalized spacial score (nSPS) is 14.4. The van der Waals surface area contributed by atoms with Crippen LogP contribution in [0.2, 0.25) is 0 Å². The van der Waals surface area contributed by atoms with Gasteiger partial charge in [-0.25, -0.2) is 4.98 Å². The Balaban J connectivity index is 0.00000433. The first kappa shape index (κ1) is 38.2. The third-order valence-corrected chi connectivity index (χ3v) is 13.3. The molecule has 6 aromatic carbocycles. The largest absolute Gasteiger partial charge is 0.510 e. The number of fused-ring (bicyclic) bond motifs is 15. The second kappa shape index (κ2) is 13.5. The smallest absolute Gasteiger partial charge is 0.267 e. The third-order valence-electron chi connectivity index (χ3n) is 13.3. The van der Waals surface area contributed by atoms with Crippen LogP contribution in [0.25, 0.3) is 72.5 Å². The molecule has 0 fully saturated rings. The van der Waals surface area contributed by atoms with Gasteiger partial charge in [0.05, 0.1) is 17.1 Å². The van der Waals surface area contributed by atoms with Gasteiger partial charge in [-0.05, 0) is 79.5 Å². The van der Waals surface area contributed by atoms with Crippen LogP contribution in [0.1, 0.15) is 65.3 Å². The Morgan fingerprint density at radius 1 is 0.633 bits per heavy atom. The first-order valence-corrected chi connectivity index (χ1v) is 20.5. The molecule has 2 aliphatic heterocycles. The molecule has 6 heteroatoms. The number of benzene rings is 6. The number of hydrogen-bond acceptors (Lipinski definition) is 2. The second-order valence-corrected chi connectivity index (χ2v) is 18.1. The van der Waals surface area contributed by atoms with Crippen molar-refractivity contribution < 1.29 is 30.4 Å². The fourth-order valence-electron chi connectivity index (χ4n) is 9.48. The van der Waals surface area contributed by atoms with Crippen LogP contribution in [0, 0.1) is 18.5 Å². The van der Waals surface area contributed by atoms with Crippen LogP contribution >= 0.6 is 0 Å². The molecule has 0 saturated carbocycles. The molecule has 2 aliphatic rings. The summed E-state index contributed by atoms with van der Waals surface area (Å²) in [6.07, 6.45) is 5.81. The van der Waals surface area contributed by atoms with E-state index in [1.54, 1.807) is 0 Å². The summed E-state index contributed by atoms with van der Waals surface area (Å²) in [7, 11) is 0. The second-order valence-electron chi connectivity index (χ2n) is 18.1. The number of pyridine rings is 1. The molecule has 0 N–H and O–H groups in total. The minimum Gasteiger partial charge on any atom is -0.510 e. The van der Waals surface area contributed by atoms with E-state index in [2.05, 4.69) is 208 Å². The molecule has 0 amide bonds. The number of imidazole rings is 1. The number of para-hydroxylation sites is 2. The Morgan fingerprint density at radius 2 is 1.25 bits per heavy atom. The van der Waals surface area contributed by atoms with Crippen molar-refractivity contribution in [2.45, 2.75) is 64.7 Å². The third kappa shape index (κ3) is 5.48. The van der Waals surface area contributed by atoms with E-state index in [-0.39, 0.29) is 37.3 Å². The standard InChI is InChI=1S/C54H44N4O.Pt/c1-52(2,3)34-28-29-55-49(30-34)58-46-23-15-13-20-41(46)42-26-24-35(31-47(42)58)59-36-25-27-44-48(32-36)57-33-56-45-22-14-12-19-40(45)38-17-9-8-16-37(38)39-18-10-11-21-43(39)50(56)51(57)54(6,7)53(44,4)5;/h8-30H,1-7H3;/q-2;. The first-order valence-electron chi connectivity index (χ1n) is 20.5. The molecule has 0 saturated heterocycles. The van der Waals surface area contributed by atoms with Gasteiger partial charge >= 0.3 is 0 Å². The van der Waals surface area contributed by atoms with Gasteiger partial charge in [0.2, 0.25) is 0 Å². The van der Waals surface area contributed by atoms with Crippen LogP contribution in [0.3, 0.4) is 0 Å². The van der Waals surface area contributed by atoms with Gasteiger partial charge in [-0.15, -0.1) is 35.2 Å². The summed E-state index contributed by atoms with van der Waals surface area (Å²) in [6.45, 7) is 16.2. The number of ether oxygens (including phenoxy) is 1. The van der Waals surface area contributed by atoms with Crippen molar-refractivity contribution in [1.29, 1.82) is 0 Å². The van der Waals surface area contributed by atoms with E-state index in [0.29, 0.717) is 11.5 Å². The summed E-state index contributed by atoms with van der Waals surface area (Å²) < 4.78 is 13.5. The minimum atomic E-state index is -0.307. The molecular formula is C54H44N4OPt-2. The molecule has 0 radical (unpaired) electrons. The zero-order valence-electron chi connectivity index (χ0n) is 34.8. The van der Waals surface area contributed by atoms with Crippen molar-refractivity contribution in [3.63, 3.8) is 0 Å². The van der Waals surface area contributed by atoms with Crippen LogP contribution in [-0.4, -0.2) is 14.1 Å². The van der Waals surface area contributed by atoms with Gasteiger partial charge in [-0.1, -0.05) is 144 Å². The van der Waals surface area contributed by atoms with Crippen LogP contribution in [0.4, 0.5) is 0 Å².